The number of hydrogen-bond acceptors (Lipinski definition) is 4. The highest BCUT2D eigenvalue weighted by Gasteiger charge is 2.31. The first kappa shape index (κ1) is 15.2. The highest BCUT2D eigenvalue weighted by Crippen LogP contribution is 2.31. The Balaban J connectivity index is 1.71. The summed E-state index contributed by atoms with van der Waals surface area (Å²) in [6.45, 7) is 5.11. The molecule has 118 valence electrons. The van der Waals surface area contributed by atoms with Crippen LogP contribution in [0.3, 0.4) is 0 Å². The predicted octanol–water partition coefficient (Wildman–Crippen LogP) is 3.13. The molecule has 1 aromatic heterocycles. The number of aliphatic hydroxyl groups is 1. The second kappa shape index (κ2) is 6.18. The van der Waals surface area contributed by atoms with Gasteiger partial charge in [-0.05, 0) is 44.4 Å². The lowest BCUT2D eigenvalue weighted by molar-refractivity contribution is 0.104. The van der Waals surface area contributed by atoms with Gasteiger partial charge in [-0.1, -0.05) is 17.3 Å². The van der Waals surface area contributed by atoms with Gasteiger partial charge in [0.15, 0.2) is 0 Å². The Kier molecular flexibility index (Phi) is 4.27. The molecule has 4 nitrogen and oxygen atoms in total. The Morgan fingerprint density at radius 3 is 2.55 bits per heavy atom. The molecule has 1 aromatic carbocycles. The Morgan fingerprint density at radius 2 is 2.00 bits per heavy atom. The van der Waals surface area contributed by atoms with Gasteiger partial charge in [0.2, 0.25) is 0 Å². The summed E-state index contributed by atoms with van der Waals surface area (Å²) in [4.78, 5) is 2.26. The first-order valence-electron chi connectivity index (χ1n) is 7.64. The van der Waals surface area contributed by atoms with Crippen LogP contribution in [0, 0.1) is 19.7 Å². The summed E-state index contributed by atoms with van der Waals surface area (Å²) in [7, 11) is 0. The minimum Gasteiger partial charge on any atom is -0.387 e. The first-order valence-corrected chi connectivity index (χ1v) is 7.64. The molecular weight excluding hydrogens is 283 g/mol. The van der Waals surface area contributed by atoms with E-state index in [9.17, 15) is 9.50 Å². The van der Waals surface area contributed by atoms with Gasteiger partial charge in [-0.15, -0.1) is 0 Å². The molecule has 0 amide bonds. The normalized spacial score (nSPS) is 16.2. The maximum Gasteiger partial charge on any atom is 0.138 e. The van der Waals surface area contributed by atoms with Crippen molar-refractivity contribution in [1.29, 1.82) is 0 Å². The molecule has 1 N–H and O–H groups in total. The molecule has 0 bridgehead atoms. The van der Waals surface area contributed by atoms with Crippen LogP contribution < -0.4 is 0 Å². The summed E-state index contributed by atoms with van der Waals surface area (Å²) >= 11 is 0. The van der Waals surface area contributed by atoms with Gasteiger partial charge in [-0.3, -0.25) is 4.90 Å². The maximum atomic E-state index is 13.0. The van der Waals surface area contributed by atoms with Gasteiger partial charge in [0.1, 0.15) is 11.6 Å². The van der Waals surface area contributed by atoms with E-state index in [-0.39, 0.29) is 5.82 Å². The third-order valence-electron chi connectivity index (χ3n) is 4.27. The lowest BCUT2D eigenvalue weighted by atomic mass is 10.1. The van der Waals surface area contributed by atoms with E-state index in [1.165, 1.54) is 12.1 Å². The molecule has 0 saturated heterocycles. The predicted molar refractivity (Wildman–Crippen MR) is 80.8 cm³/mol. The molecule has 1 atom stereocenters. The standard InChI is InChI=1S/C17H21FN2O2/c1-11-16(12(2)22-19-11)9-20(15-7-8-15)10-17(21)13-3-5-14(18)6-4-13/h3-6,15,17,21H,7-10H2,1-2H3. The minimum absolute atomic E-state index is 0.286. The zero-order valence-corrected chi connectivity index (χ0v) is 12.9. The monoisotopic (exact) mass is 304 g/mol. The van der Waals surface area contributed by atoms with Gasteiger partial charge in [0.05, 0.1) is 11.8 Å². The van der Waals surface area contributed by atoms with Crippen molar-refractivity contribution in [3.63, 3.8) is 0 Å². The Labute approximate surface area is 129 Å². The van der Waals surface area contributed by atoms with Crippen LogP contribution in [0.2, 0.25) is 0 Å². The highest BCUT2D eigenvalue weighted by molar-refractivity contribution is 5.22. The summed E-state index contributed by atoms with van der Waals surface area (Å²) < 4.78 is 18.2. The van der Waals surface area contributed by atoms with Crippen LogP contribution in [0.25, 0.3) is 0 Å². The maximum absolute atomic E-state index is 13.0. The third kappa shape index (κ3) is 3.36. The van der Waals surface area contributed by atoms with Crippen molar-refractivity contribution in [1.82, 2.24) is 10.1 Å². The van der Waals surface area contributed by atoms with Gasteiger partial charge >= 0.3 is 0 Å². The summed E-state index contributed by atoms with van der Waals surface area (Å²) in [5, 5.41) is 14.4. The smallest absolute Gasteiger partial charge is 0.138 e. The SMILES string of the molecule is Cc1noc(C)c1CN(CC(O)c1ccc(F)cc1)C1CC1. The van der Waals surface area contributed by atoms with Crippen LogP contribution in [-0.2, 0) is 6.54 Å². The molecule has 0 aliphatic heterocycles. The molecule has 0 radical (unpaired) electrons. The number of aliphatic hydroxyl groups excluding tert-OH is 1. The number of aromatic nitrogens is 1. The van der Waals surface area contributed by atoms with Crippen LogP contribution in [0.4, 0.5) is 4.39 Å². The fourth-order valence-electron chi connectivity index (χ4n) is 2.73. The molecule has 1 heterocycles. The molecule has 1 saturated carbocycles. The molecule has 2 aromatic rings. The van der Waals surface area contributed by atoms with Crippen LogP contribution in [-0.4, -0.2) is 27.7 Å². The summed E-state index contributed by atoms with van der Waals surface area (Å²) in [6, 6.07) is 6.55. The van der Waals surface area contributed by atoms with Crippen molar-refractivity contribution in [3.05, 3.63) is 52.7 Å². The van der Waals surface area contributed by atoms with E-state index in [0.717, 1.165) is 42.0 Å². The summed E-state index contributed by atoms with van der Waals surface area (Å²) in [6.07, 6.45) is 1.68. The quantitative estimate of drug-likeness (QED) is 0.891. The fraction of sp³-hybridized carbons (Fsp3) is 0.471. The second-order valence-corrected chi connectivity index (χ2v) is 6.03. The molecule has 1 fully saturated rings. The molecule has 1 unspecified atom stereocenters. The van der Waals surface area contributed by atoms with E-state index in [0.29, 0.717) is 12.6 Å². The number of rotatable bonds is 6. The summed E-state index contributed by atoms with van der Waals surface area (Å²) in [5.41, 5.74) is 2.74. The number of halogens is 1. The van der Waals surface area contributed by atoms with E-state index in [1.54, 1.807) is 12.1 Å². The van der Waals surface area contributed by atoms with E-state index >= 15 is 0 Å². The van der Waals surface area contributed by atoms with Gasteiger partial charge in [-0.25, -0.2) is 4.39 Å². The van der Waals surface area contributed by atoms with E-state index in [1.807, 2.05) is 13.8 Å². The van der Waals surface area contributed by atoms with E-state index < -0.39 is 6.10 Å². The molecule has 22 heavy (non-hydrogen) atoms. The largest absolute Gasteiger partial charge is 0.387 e. The first-order chi connectivity index (χ1) is 10.5. The topological polar surface area (TPSA) is 49.5 Å². The van der Waals surface area contributed by atoms with Crippen molar-refractivity contribution >= 4 is 0 Å². The third-order valence-corrected chi connectivity index (χ3v) is 4.27. The van der Waals surface area contributed by atoms with Gasteiger partial charge < -0.3 is 9.63 Å². The van der Waals surface area contributed by atoms with Crippen molar-refractivity contribution in [2.24, 2.45) is 0 Å². The number of benzene rings is 1. The molecular formula is C17H21FN2O2. The molecule has 0 spiro atoms. The van der Waals surface area contributed by atoms with Crippen molar-refractivity contribution in [3.8, 4) is 0 Å². The van der Waals surface area contributed by atoms with Crippen molar-refractivity contribution in [2.75, 3.05) is 6.54 Å². The minimum atomic E-state index is -0.623. The Bertz CT molecular complexity index is 615. The Hall–Kier alpha value is -1.72. The lowest BCUT2D eigenvalue weighted by Crippen LogP contribution is -2.30. The molecule has 1 aliphatic carbocycles. The molecule has 1 aliphatic rings. The highest BCUT2D eigenvalue weighted by atomic mass is 19.1. The van der Waals surface area contributed by atoms with Crippen LogP contribution in [0.15, 0.2) is 28.8 Å². The number of hydrogen-bond donors (Lipinski definition) is 1. The van der Waals surface area contributed by atoms with Gasteiger partial charge in [0, 0.05) is 24.7 Å². The Morgan fingerprint density at radius 1 is 1.32 bits per heavy atom. The van der Waals surface area contributed by atoms with Crippen molar-refractivity contribution in [2.45, 2.75) is 45.4 Å². The fourth-order valence-corrected chi connectivity index (χ4v) is 2.73. The average molecular weight is 304 g/mol. The van der Waals surface area contributed by atoms with Gasteiger partial charge in [-0.2, -0.15) is 0 Å². The number of nitrogens with zero attached hydrogens (tertiary/aromatic N) is 2. The van der Waals surface area contributed by atoms with Crippen LogP contribution in [0.5, 0.6) is 0 Å². The van der Waals surface area contributed by atoms with Gasteiger partial charge in [0.25, 0.3) is 0 Å². The molecule has 3 rings (SSSR count). The summed E-state index contributed by atoms with van der Waals surface area (Å²) in [5.74, 6) is 0.546. The van der Waals surface area contributed by atoms with Crippen molar-refractivity contribution < 1.29 is 14.0 Å². The van der Waals surface area contributed by atoms with Crippen LogP contribution >= 0.6 is 0 Å². The zero-order valence-electron chi connectivity index (χ0n) is 12.9. The zero-order chi connectivity index (χ0) is 15.7. The van der Waals surface area contributed by atoms with E-state index in [2.05, 4.69) is 10.1 Å². The second-order valence-electron chi connectivity index (χ2n) is 6.03. The number of aryl methyl sites for hydroxylation is 2. The average Bonchev–Trinajstić information content (AvgIpc) is 3.29. The lowest BCUT2D eigenvalue weighted by Gasteiger charge is -2.25. The van der Waals surface area contributed by atoms with Crippen LogP contribution in [0.1, 0.15) is 41.5 Å². The molecule has 5 heteroatoms. The van der Waals surface area contributed by atoms with E-state index in [4.69, 9.17) is 4.52 Å².